The number of hydrogen-bond donors (Lipinski definition) is 1. The van der Waals surface area contributed by atoms with Crippen LogP contribution >= 0.6 is 11.6 Å². The predicted octanol–water partition coefficient (Wildman–Crippen LogP) is 3.90. The molecule has 0 radical (unpaired) electrons. The number of halogens is 1. The van der Waals surface area contributed by atoms with Gasteiger partial charge in [-0.05, 0) is 53.6 Å². The van der Waals surface area contributed by atoms with Gasteiger partial charge in [-0.2, -0.15) is 0 Å². The Kier molecular flexibility index (Phi) is 3.95. The zero-order chi connectivity index (χ0) is 13.9. The molecule has 20 heavy (non-hydrogen) atoms. The molecule has 0 heterocycles. The molecule has 3 heteroatoms. The minimum absolute atomic E-state index is 0.00911. The average Bonchev–Trinajstić information content (AvgIpc) is 2.93. The van der Waals surface area contributed by atoms with Gasteiger partial charge in [0.25, 0.3) is 0 Å². The highest BCUT2D eigenvalue weighted by Crippen LogP contribution is 2.27. The summed E-state index contributed by atoms with van der Waals surface area (Å²) in [7, 11) is 0. The number of aryl methyl sites for hydroxylation is 2. The highest BCUT2D eigenvalue weighted by Gasteiger charge is 2.11. The predicted molar refractivity (Wildman–Crippen MR) is 80.2 cm³/mol. The van der Waals surface area contributed by atoms with Gasteiger partial charge in [0.15, 0.2) is 0 Å². The van der Waals surface area contributed by atoms with Crippen LogP contribution in [0, 0.1) is 0 Å². The third kappa shape index (κ3) is 2.82. The molecule has 0 atom stereocenters. The second kappa shape index (κ2) is 5.86. The van der Waals surface area contributed by atoms with E-state index in [-0.39, 0.29) is 6.61 Å². The fraction of sp³-hybridized carbons (Fsp3) is 0.294. The van der Waals surface area contributed by atoms with Crippen molar-refractivity contribution in [3.63, 3.8) is 0 Å². The molecule has 0 aromatic heterocycles. The van der Waals surface area contributed by atoms with E-state index in [1.165, 1.54) is 36.0 Å². The van der Waals surface area contributed by atoms with Gasteiger partial charge in [0, 0.05) is 0 Å². The Labute approximate surface area is 124 Å². The molecule has 2 aromatic carbocycles. The molecule has 0 fully saturated rings. The first-order valence-corrected chi connectivity index (χ1v) is 7.27. The van der Waals surface area contributed by atoms with Crippen LogP contribution < -0.4 is 4.74 Å². The smallest absolute Gasteiger partial charge is 0.138 e. The molecule has 2 nitrogen and oxygen atoms in total. The van der Waals surface area contributed by atoms with Crippen LogP contribution in [-0.4, -0.2) is 5.11 Å². The second-order valence-electron chi connectivity index (χ2n) is 5.17. The number of hydrogen-bond acceptors (Lipinski definition) is 2. The van der Waals surface area contributed by atoms with E-state index < -0.39 is 0 Å². The van der Waals surface area contributed by atoms with Gasteiger partial charge in [-0.3, -0.25) is 0 Å². The molecule has 0 saturated carbocycles. The topological polar surface area (TPSA) is 29.5 Å². The van der Waals surface area contributed by atoms with E-state index in [0.29, 0.717) is 17.4 Å². The van der Waals surface area contributed by atoms with E-state index in [1.54, 1.807) is 12.1 Å². The van der Waals surface area contributed by atoms with Gasteiger partial charge >= 0.3 is 0 Å². The van der Waals surface area contributed by atoms with Gasteiger partial charge in [0.05, 0.1) is 11.6 Å². The fourth-order valence-corrected chi connectivity index (χ4v) is 2.89. The van der Waals surface area contributed by atoms with Gasteiger partial charge in [-0.25, -0.2) is 0 Å². The van der Waals surface area contributed by atoms with E-state index in [0.717, 1.165) is 5.56 Å². The Bertz CT molecular complexity index is 622. The fourth-order valence-electron chi connectivity index (χ4n) is 2.64. The van der Waals surface area contributed by atoms with Crippen LogP contribution in [0.5, 0.6) is 5.75 Å². The Morgan fingerprint density at radius 1 is 1.00 bits per heavy atom. The minimum atomic E-state index is -0.00911. The van der Waals surface area contributed by atoms with Crippen molar-refractivity contribution in [1.82, 2.24) is 0 Å². The monoisotopic (exact) mass is 288 g/mol. The number of benzene rings is 2. The molecular weight excluding hydrogens is 272 g/mol. The third-order valence-corrected chi connectivity index (χ3v) is 4.03. The lowest BCUT2D eigenvalue weighted by Gasteiger charge is -2.10. The van der Waals surface area contributed by atoms with Gasteiger partial charge in [-0.15, -0.1) is 0 Å². The van der Waals surface area contributed by atoms with Crippen molar-refractivity contribution in [3.8, 4) is 5.75 Å². The van der Waals surface area contributed by atoms with Gasteiger partial charge in [-0.1, -0.05) is 35.9 Å². The first kappa shape index (κ1) is 13.5. The van der Waals surface area contributed by atoms with Gasteiger partial charge in [0.2, 0.25) is 0 Å². The summed E-state index contributed by atoms with van der Waals surface area (Å²) in [5.74, 6) is 0.657. The number of ether oxygens (including phenoxy) is 1. The summed E-state index contributed by atoms with van der Waals surface area (Å²) >= 11 is 6.13. The minimum Gasteiger partial charge on any atom is -0.487 e. The Morgan fingerprint density at radius 3 is 2.60 bits per heavy atom. The Morgan fingerprint density at radius 2 is 1.80 bits per heavy atom. The molecule has 1 N–H and O–H groups in total. The lowest BCUT2D eigenvalue weighted by atomic mass is 10.1. The van der Waals surface area contributed by atoms with Crippen molar-refractivity contribution in [1.29, 1.82) is 0 Å². The first-order chi connectivity index (χ1) is 9.76. The van der Waals surface area contributed by atoms with E-state index in [1.807, 2.05) is 6.07 Å². The number of rotatable bonds is 4. The SMILES string of the molecule is OCc1ccc(OCc2ccc3c(c2)CCC3)c(Cl)c1. The van der Waals surface area contributed by atoms with E-state index in [4.69, 9.17) is 21.4 Å². The summed E-state index contributed by atoms with van der Waals surface area (Å²) in [5.41, 5.74) is 4.89. The molecule has 0 saturated heterocycles. The first-order valence-electron chi connectivity index (χ1n) is 6.89. The van der Waals surface area contributed by atoms with Crippen molar-refractivity contribution in [2.24, 2.45) is 0 Å². The standard InChI is InChI=1S/C17H17ClO2/c18-16-9-12(10-19)5-7-17(16)20-11-13-4-6-14-2-1-3-15(14)8-13/h4-9,19H,1-3,10-11H2. The molecule has 0 amide bonds. The summed E-state index contributed by atoms with van der Waals surface area (Å²) in [6, 6.07) is 11.9. The zero-order valence-electron chi connectivity index (χ0n) is 11.2. The molecule has 104 valence electrons. The zero-order valence-corrected chi connectivity index (χ0v) is 12.0. The Balaban J connectivity index is 1.70. The largest absolute Gasteiger partial charge is 0.487 e. The van der Waals surface area contributed by atoms with Crippen molar-refractivity contribution in [3.05, 3.63) is 63.7 Å². The van der Waals surface area contributed by atoms with Crippen LogP contribution in [-0.2, 0) is 26.1 Å². The molecule has 1 aliphatic carbocycles. The maximum atomic E-state index is 9.05. The van der Waals surface area contributed by atoms with E-state index >= 15 is 0 Å². The van der Waals surface area contributed by atoms with Crippen LogP contribution in [0.1, 0.15) is 28.7 Å². The second-order valence-corrected chi connectivity index (χ2v) is 5.58. The number of fused-ring (bicyclic) bond motifs is 1. The molecule has 0 aliphatic heterocycles. The maximum absolute atomic E-state index is 9.05. The van der Waals surface area contributed by atoms with Crippen molar-refractivity contribution < 1.29 is 9.84 Å². The maximum Gasteiger partial charge on any atom is 0.138 e. The van der Waals surface area contributed by atoms with Gasteiger partial charge < -0.3 is 9.84 Å². The van der Waals surface area contributed by atoms with Crippen molar-refractivity contribution in [2.75, 3.05) is 0 Å². The van der Waals surface area contributed by atoms with Crippen LogP contribution in [0.15, 0.2) is 36.4 Å². The summed E-state index contributed by atoms with van der Waals surface area (Å²) in [5, 5.41) is 9.59. The highest BCUT2D eigenvalue weighted by atomic mass is 35.5. The van der Waals surface area contributed by atoms with Crippen LogP contribution in [0.25, 0.3) is 0 Å². The third-order valence-electron chi connectivity index (χ3n) is 3.74. The normalized spacial score (nSPS) is 13.3. The molecule has 2 aromatic rings. The Hall–Kier alpha value is -1.51. The lowest BCUT2D eigenvalue weighted by molar-refractivity contribution is 0.281. The van der Waals surface area contributed by atoms with Crippen LogP contribution in [0.4, 0.5) is 0 Å². The molecule has 1 aliphatic rings. The quantitative estimate of drug-likeness (QED) is 0.924. The molecule has 0 spiro atoms. The molecular formula is C17H17ClO2. The number of aliphatic hydroxyl groups excluding tert-OH is 1. The summed E-state index contributed by atoms with van der Waals surface area (Å²) in [4.78, 5) is 0. The van der Waals surface area contributed by atoms with E-state index in [2.05, 4.69) is 18.2 Å². The molecule has 0 bridgehead atoms. The van der Waals surface area contributed by atoms with Crippen molar-refractivity contribution >= 4 is 11.6 Å². The molecule has 0 unspecified atom stereocenters. The van der Waals surface area contributed by atoms with Crippen LogP contribution in [0.3, 0.4) is 0 Å². The van der Waals surface area contributed by atoms with E-state index in [9.17, 15) is 0 Å². The highest BCUT2D eigenvalue weighted by molar-refractivity contribution is 6.32. The summed E-state index contributed by atoms with van der Waals surface area (Å²) < 4.78 is 5.77. The van der Waals surface area contributed by atoms with Crippen molar-refractivity contribution in [2.45, 2.75) is 32.5 Å². The molecule has 3 rings (SSSR count). The lowest BCUT2D eigenvalue weighted by Crippen LogP contribution is -1.98. The average molecular weight is 289 g/mol. The summed E-state index contributed by atoms with van der Waals surface area (Å²) in [6.45, 7) is 0.510. The number of aliphatic hydroxyl groups is 1. The van der Waals surface area contributed by atoms with Crippen LogP contribution in [0.2, 0.25) is 5.02 Å². The van der Waals surface area contributed by atoms with Gasteiger partial charge in [0.1, 0.15) is 12.4 Å². The summed E-state index contributed by atoms with van der Waals surface area (Å²) in [6.07, 6.45) is 3.63.